The molecule has 0 rings (SSSR count). The van der Waals surface area contributed by atoms with Gasteiger partial charge in [-0.05, 0) is 14.1 Å². The smallest absolute Gasteiger partial charge is 0.135 e. The van der Waals surface area contributed by atoms with Gasteiger partial charge in [0.25, 0.3) is 0 Å². The number of hydrogen-bond acceptors (Lipinski definition) is 3. The highest BCUT2D eigenvalue weighted by Gasteiger charge is 2.42. The van der Waals surface area contributed by atoms with E-state index < -0.39 is 24.7 Å². The lowest BCUT2D eigenvalue weighted by molar-refractivity contribution is 0.207. The Bertz CT molecular complexity index is 260. The zero-order chi connectivity index (χ0) is 15.6. The van der Waals surface area contributed by atoms with Crippen molar-refractivity contribution in [1.29, 1.82) is 0 Å². The van der Waals surface area contributed by atoms with Crippen molar-refractivity contribution >= 4 is 24.7 Å². The highest BCUT2D eigenvalue weighted by molar-refractivity contribution is 6.90. The molecule has 0 aliphatic heterocycles. The Morgan fingerprint density at radius 3 is 1.16 bits per heavy atom. The zero-order valence-corrected chi connectivity index (χ0v) is 18.3. The maximum absolute atomic E-state index is 2.88. The van der Waals surface area contributed by atoms with E-state index in [9.17, 15) is 0 Å². The summed E-state index contributed by atoms with van der Waals surface area (Å²) in [6.07, 6.45) is 0. The molecule has 0 aromatic heterocycles. The summed E-state index contributed by atoms with van der Waals surface area (Å²) in [7, 11) is 0.359. The first-order chi connectivity index (χ1) is 8.17. The molecule has 0 N–H and O–H groups in total. The van der Waals surface area contributed by atoms with Crippen LogP contribution in [0.3, 0.4) is 0 Å². The molecule has 0 spiro atoms. The molecule has 0 aromatic carbocycles. The quantitative estimate of drug-likeness (QED) is 0.524. The first-order valence-corrected chi connectivity index (χ1v) is 17.7. The summed E-state index contributed by atoms with van der Waals surface area (Å²) < 4.78 is 5.68. The molecule has 0 fully saturated rings. The van der Waals surface area contributed by atoms with Crippen LogP contribution in [0.4, 0.5) is 0 Å². The number of hydrazine groups is 1. The highest BCUT2D eigenvalue weighted by atomic mass is 28.4. The monoisotopic (exact) mass is 319 g/mol. The predicted octanol–water partition coefficient (Wildman–Crippen LogP) is 3.57. The fourth-order valence-corrected chi connectivity index (χ4v) is 17.4. The molecule has 0 aromatic rings. The molecule has 0 aliphatic rings. The summed E-state index contributed by atoms with van der Waals surface area (Å²) in [6.45, 7) is 24.7. The van der Waals surface area contributed by atoms with Crippen LogP contribution in [0.1, 0.15) is 0 Å². The molecule has 6 heteroatoms. The molecule has 116 valence electrons. The average Bonchev–Trinajstić information content (AvgIpc) is 2.04. The third kappa shape index (κ3) is 6.68. The van der Waals surface area contributed by atoms with Crippen LogP contribution in [0.15, 0.2) is 0 Å². The van der Waals surface area contributed by atoms with Crippen LogP contribution < -0.4 is 0 Å². The molecule has 0 aliphatic carbocycles. The maximum Gasteiger partial charge on any atom is 0.135 e. The van der Waals surface area contributed by atoms with E-state index in [-0.39, 0.29) is 0 Å². The number of nitrogens with zero attached hydrogens (tertiary/aromatic N) is 3. The first kappa shape index (κ1) is 19.5. The van der Waals surface area contributed by atoms with Crippen molar-refractivity contribution in [3.8, 4) is 0 Å². The van der Waals surface area contributed by atoms with Crippen LogP contribution in [0, 0.1) is 0 Å². The summed E-state index contributed by atoms with van der Waals surface area (Å²) in [5.74, 6) is 0. The fraction of sp³-hybridized carbons (Fsp3) is 1.00. The van der Waals surface area contributed by atoms with Crippen LogP contribution in [0.25, 0.3) is 0 Å². The van der Waals surface area contributed by atoms with Gasteiger partial charge in [0.2, 0.25) is 0 Å². The lowest BCUT2D eigenvalue weighted by Crippen LogP contribution is -2.72. The van der Waals surface area contributed by atoms with E-state index in [1.165, 1.54) is 6.54 Å². The summed E-state index contributed by atoms with van der Waals surface area (Å²) in [6, 6.07) is 0. The third-order valence-corrected chi connectivity index (χ3v) is 12.5. The Labute approximate surface area is 125 Å². The van der Waals surface area contributed by atoms with E-state index in [1.54, 1.807) is 0 Å². The van der Waals surface area contributed by atoms with E-state index in [4.69, 9.17) is 0 Å². The van der Waals surface area contributed by atoms with Crippen molar-refractivity contribution < 1.29 is 0 Å². The predicted molar refractivity (Wildman–Crippen MR) is 97.1 cm³/mol. The molecule has 0 heterocycles. The van der Waals surface area contributed by atoms with Crippen molar-refractivity contribution in [3.63, 3.8) is 0 Å². The summed E-state index contributed by atoms with van der Waals surface area (Å²) in [5.41, 5.74) is 0. The van der Waals surface area contributed by atoms with Crippen molar-refractivity contribution in [3.05, 3.63) is 0 Å². The van der Waals surface area contributed by atoms with Crippen LogP contribution in [0.2, 0.25) is 58.9 Å². The molecule has 3 nitrogen and oxygen atoms in total. The first-order valence-electron chi connectivity index (χ1n) is 7.40. The van der Waals surface area contributed by atoms with Gasteiger partial charge in [-0.15, -0.1) is 0 Å². The van der Waals surface area contributed by atoms with Gasteiger partial charge in [-0.1, -0.05) is 58.9 Å². The second kappa shape index (κ2) is 6.53. The Morgan fingerprint density at radius 2 is 0.947 bits per heavy atom. The van der Waals surface area contributed by atoms with Crippen molar-refractivity contribution in [1.82, 2.24) is 13.9 Å². The van der Waals surface area contributed by atoms with Gasteiger partial charge < -0.3 is 4.90 Å². The van der Waals surface area contributed by atoms with E-state index in [2.05, 4.69) is 86.9 Å². The van der Waals surface area contributed by atoms with Gasteiger partial charge in [0.1, 0.15) is 24.7 Å². The summed E-state index contributed by atoms with van der Waals surface area (Å²) >= 11 is 0. The molecular weight excluding hydrogens is 282 g/mol. The summed E-state index contributed by atoms with van der Waals surface area (Å²) in [5, 5.41) is 0. The molecule has 0 amide bonds. The van der Waals surface area contributed by atoms with Gasteiger partial charge in [0.05, 0.1) is 0 Å². The number of rotatable bonds is 7. The van der Waals surface area contributed by atoms with Crippen molar-refractivity contribution in [2.45, 2.75) is 58.9 Å². The second-order valence-electron chi connectivity index (χ2n) is 8.75. The standard InChI is InChI=1S/C13H37N3Si3/c1-14(2)12-13-15(17(3,4)5)16(18(6,7)8)19(9,10)11/h12-13H2,1-11H3. The van der Waals surface area contributed by atoms with E-state index in [0.717, 1.165) is 6.54 Å². The molecule has 0 saturated carbocycles. The molecule has 19 heavy (non-hydrogen) atoms. The van der Waals surface area contributed by atoms with Gasteiger partial charge in [-0.3, -0.25) is 9.01 Å². The van der Waals surface area contributed by atoms with Crippen molar-refractivity contribution in [2.24, 2.45) is 0 Å². The number of likely N-dealkylation sites (N-methyl/N-ethyl adjacent to an activating group) is 1. The van der Waals surface area contributed by atoms with Gasteiger partial charge in [-0.25, -0.2) is 0 Å². The van der Waals surface area contributed by atoms with Gasteiger partial charge >= 0.3 is 0 Å². The highest BCUT2D eigenvalue weighted by Crippen LogP contribution is 2.26. The van der Waals surface area contributed by atoms with Crippen LogP contribution in [-0.2, 0) is 0 Å². The van der Waals surface area contributed by atoms with E-state index >= 15 is 0 Å². The lowest BCUT2D eigenvalue weighted by Gasteiger charge is -2.55. The normalized spacial score (nSPS) is 14.8. The molecule has 0 unspecified atom stereocenters. The fourth-order valence-electron chi connectivity index (χ4n) is 2.76. The van der Waals surface area contributed by atoms with Crippen molar-refractivity contribution in [2.75, 3.05) is 27.2 Å². The molecule has 0 radical (unpaired) electrons. The zero-order valence-electron chi connectivity index (χ0n) is 15.3. The minimum absolute atomic E-state index is 1.15. The van der Waals surface area contributed by atoms with Crippen LogP contribution >= 0.6 is 0 Å². The Morgan fingerprint density at radius 1 is 0.579 bits per heavy atom. The molecular formula is C13H37N3Si3. The van der Waals surface area contributed by atoms with Crippen LogP contribution in [0.5, 0.6) is 0 Å². The average molecular weight is 320 g/mol. The van der Waals surface area contributed by atoms with Crippen LogP contribution in [-0.4, -0.2) is 65.8 Å². The lowest BCUT2D eigenvalue weighted by atomic mass is 10.6. The Kier molecular flexibility index (Phi) is 6.71. The second-order valence-corrected chi connectivity index (χ2v) is 23.6. The molecule has 0 bridgehead atoms. The largest absolute Gasteiger partial charge is 0.308 e. The third-order valence-electron chi connectivity index (χ3n) is 3.05. The van der Waals surface area contributed by atoms with Gasteiger partial charge in [0.15, 0.2) is 0 Å². The Hall–Kier alpha value is 0.531. The molecule has 0 saturated heterocycles. The maximum atomic E-state index is 2.88. The molecule has 0 atom stereocenters. The minimum atomic E-state index is -1.33. The van der Waals surface area contributed by atoms with E-state index in [1.807, 2.05) is 0 Å². The topological polar surface area (TPSA) is 9.72 Å². The van der Waals surface area contributed by atoms with Gasteiger partial charge in [-0.2, -0.15) is 0 Å². The van der Waals surface area contributed by atoms with E-state index in [0.29, 0.717) is 0 Å². The minimum Gasteiger partial charge on any atom is -0.308 e. The van der Waals surface area contributed by atoms with Gasteiger partial charge in [0, 0.05) is 13.1 Å². The number of hydrogen-bond donors (Lipinski definition) is 0. The summed E-state index contributed by atoms with van der Waals surface area (Å²) in [4.78, 5) is 2.31. The SMILES string of the molecule is CN(C)CCN(N([Si](C)(C)C)[Si](C)(C)C)[Si](C)(C)C. The Balaban J connectivity index is 5.40.